The molecule has 3 N–H and O–H groups in total. The van der Waals surface area contributed by atoms with Crippen LogP contribution in [-0.4, -0.2) is 25.5 Å². The van der Waals surface area contributed by atoms with Crippen molar-refractivity contribution in [3.05, 3.63) is 83.7 Å². The van der Waals surface area contributed by atoms with Crippen molar-refractivity contribution in [2.75, 3.05) is 13.7 Å². The molecule has 0 fully saturated rings. The highest BCUT2D eigenvalue weighted by Gasteiger charge is 2.32. The highest BCUT2D eigenvalue weighted by atomic mass is 19.1. The van der Waals surface area contributed by atoms with Crippen LogP contribution in [0.25, 0.3) is 10.8 Å². The molecule has 0 saturated carbocycles. The number of fused-ring (bicyclic) bond motifs is 1. The number of primary amides is 1. The maximum absolute atomic E-state index is 13.3. The van der Waals surface area contributed by atoms with Crippen molar-refractivity contribution >= 4 is 22.6 Å². The minimum atomic E-state index is -0.799. The minimum Gasteiger partial charge on any atom is -0.384 e. The molecule has 1 unspecified atom stereocenters. The number of hydrogen-bond donors (Lipinski definition) is 2. The number of ether oxygens (including phenoxy) is 1. The van der Waals surface area contributed by atoms with Gasteiger partial charge in [0.05, 0.1) is 18.4 Å². The molecular formula is C24H25FN2O3. The fourth-order valence-electron chi connectivity index (χ4n) is 3.63. The first-order valence-electron chi connectivity index (χ1n) is 9.76. The van der Waals surface area contributed by atoms with Gasteiger partial charge in [-0.2, -0.15) is 0 Å². The van der Waals surface area contributed by atoms with Crippen molar-refractivity contribution in [2.24, 2.45) is 17.6 Å². The zero-order chi connectivity index (χ0) is 21.5. The summed E-state index contributed by atoms with van der Waals surface area (Å²) >= 11 is 0. The van der Waals surface area contributed by atoms with Gasteiger partial charge in [0, 0.05) is 13.7 Å². The Balaban J connectivity index is 1.81. The molecule has 0 heterocycles. The number of nitrogens with two attached hydrogens (primary N) is 1. The van der Waals surface area contributed by atoms with Gasteiger partial charge in [-0.15, -0.1) is 0 Å². The molecular weight excluding hydrogens is 383 g/mol. The molecule has 0 aromatic heterocycles. The maximum atomic E-state index is 13.3. The molecule has 156 valence electrons. The molecule has 0 spiro atoms. The number of amides is 2. The number of methoxy groups -OCH3 is 1. The van der Waals surface area contributed by atoms with E-state index in [9.17, 15) is 14.0 Å². The molecule has 3 aromatic carbocycles. The smallest absolute Gasteiger partial charge is 0.224 e. The van der Waals surface area contributed by atoms with Crippen molar-refractivity contribution in [3.8, 4) is 0 Å². The fourth-order valence-corrected chi connectivity index (χ4v) is 3.63. The standard InChI is InChI=1S/C24H25FN2O3/c1-30-15-22(23(26)28)21(13-16-9-11-19(25)12-10-16)24(29)27-14-18-7-4-6-17-5-2-3-8-20(17)18/h2-12,21-22H,13-15H2,1H3,(H2,26,28)(H,27,29)/t21-,22?/m0/s1. The van der Waals surface area contributed by atoms with Gasteiger partial charge in [0.25, 0.3) is 0 Å². The van der Waals surface area contributed by atoms with Crippen LogP contribution >= 0.6 is 0 Å². The molecule has 3 rings (SSSR count). The predicted molar refractivity (Wildman–Crippen MR) is 114 cm³/mol. The average Bonchev–Trinajstić information content (AvgIpc) is 2.75. The molecule has 0 radical (unpaired) electrons. The largest absolute Gasteiger partial charge is 0.384 e. The van der Waals surface area contributed by atoms with Crippen LogP contribution in [0, 0.1) is 17.7 Å². The molecule has 6 heteroatoms. The minimum absolute atomic E-state index is 0.0306. The van der Waals surface area contributed by atoms with E-state index in [1.54, 1.807) is 12.1 Å². The second kappa shape index (κ2) is 9.98. The number of halogens is 1. The zero-order valence-electron chi connectivity index (χ0n) is 16.8. The summed E-state index contributed by atoms with van der Waals surface area (Å²) in [5, 5.41) is 5.08. The van der Waals surface area contributed by atoms with Gasteiger partial charge in [-0.25, -0.2) is 4.39 Å². The molecule has 5 nitrogen and oxygen atoms in total. The van der Waals surface area contributed by atoms with E-state index in [2.05, 4.69) is 5.32 Å². The molecule has 2 amide bonds. The van der Waals surface area contributed by atoms with Crippen molar-refractivity contribution < 1.29 is 18.7 Å². The summed E-state index contributed by atoms with van der Waals surface area (Å²) in [7, 11) is 1.46. The number of hydrogen-bond acceptors (Lipinski definition) is 3. The van der Waals surface area contributed by atoms with Crippen LogP contribution in [0.3, 0.4) is 0 Å². The van der Waals surface area contributed by atoms with E-state index in [1.807, 2.05) is 42.5 Å². The predicted octanol–water partition coefficient (Wildman–Crippen LogP) is 3.20. The zero-order valence-corrected chi connectivity index (χ0v) is 16.8. The van der Waals surface area contributed by atoms with E-state index >= 15 is 0 Å². The van der Waals surface area contributed by atoms with Crippen LogP contribution in [0.2, 0.25) is 0 Å². The first-order chi connectivity index (χ1) is 14.5. The van der Waals surface area contributed by atoms with E-state index in [-0.39, 0.29) is 24.8 Å². The van der Waals surface area contributed by atoms with E-state index in [0.29, 0.717) is 6.54 Å². The monoisotopic (exact) mass is 408 g/mol. The Kier molecular flexibility index (Phi) is 7.14. The summed E-state index contributed by atoms with van der Waals surface area (Å²) < 4.78 is 18.4. The lowest BCUT2D eigenvalue weighted by atomic mass is 9.85. The highest BCUT2D eigenvalue weighted by Crippen LogP contribution is 2.21. The van der Waals surface area contributed by atoms with Crippen LogP contribution in [0.4, 0.5) is 4.39 Å². The van der Waals surface area contributed by atoms with E-state index in [0.717, 1.165) is 21.9 Å². The average molecular weight is 408 g/mol. The van der Waals surface area contributed by atoms with Gasteiger partial charge in [-0.3, -0.25) is 9.59 Å². The van der Waals surface area contributed by atoms with Crippen LogP contribution in [-0.2, 0) is 27.3 Å². The molecule has 0 aliphatic heterocycles. The lowest BCUT2D eigenvalue weighted by Crippen LogP contribution is -2.43. The van der Waals surface area contributed by atoms with Crippen molar-refractivity contribution in [1.29, 1.82) is 0 Å². The number of benzene rings is 3. The summed E-state index contributed by atoms with van der Waals surface area (Å²) in [4.78, 5) is 25.1. The first-order valence-corrected chi connectivity index (χ1v) is 9.76. The summed E-state index contributed by atoms with van der Waals surface area (Å²) in [5.41, 5.74) is 7.28. The van der Waals surface area contributed by atoms with Crippen LogP contribution in [0.1, 0.15) is 11.1 Å². The number of rotatable bonds is 9. The Morgan fingerprint density at radius 1 is 1.00 bits per heavy atom. The van der Waals surface area contributed by atoms with Gasteiger partial charge in [-0.05, 0) is 40.5 Å². The van der Waals surface area contributed by atoms with Gasteiger partial charge in [-0.1, -0.05) is 54.6 Å². The number of carbonyl (C=O) groups excluding carboxylic acids is 2. The van der Waals surface area contributed by atoms with Crippen LogP contribution in [0.15, 0.2) is 66.7 Å². The van der Waals surface area contributed by atoms with Crippen molar-refractivity contribution in [3.63, 3.8) is 0 Å². The molecule has 3 aromatic rings. The Labute approximate surface area is 175 Å². The van der Waals surface area contributed by atoms with Gasteiger partial charge < -0.3 is 15.8 Å². The maximum Gasteiger partial charge on any atom is 0.224 e. The van der Waals surface area contributed by atoms with E-state index in [4.69, 9.17) is 10.5 Å². The molecule has 2 atom stereocenters. The summed E-state index contributed by atoms with van der Waals surface area (Å²) in [6, 6.07) is 19.7. The Hall–Kier alpha value is -3.25. The lowest BCUT2D eigenvalue weighted by molar-refractivity contribution is -0.135. The third kappa shape index (κ3) is 5.21. The van der Waals surface area contributed by atoms with Crippen molar-refractivity contribution in [1.82, 2.24) is 5.32 Å². The van der Waals surface area contributed by atoms with Gasteiger partial charge in [0.15, 0.2) is 0 Å². The lowest BCUT2D eigenvalue weighted by Gasteiger charge is -2.24. The van der Waals surface area contributed by atoms with E-state index < -0.39 is 17.7 Å². The molecule has 0 aliphatic rings. The normalized spacial score (nSPS) is 13.0. The number of nitrogens with one attached hydrogen (secondary N) is 1. The molecule has 0 saturated heterocycles. The third-order valence-corrected chi connectivity index (χ3v) is 5.24. The Morgan fingerprint density at radius 3 is 2.40 bits per heavy atom. The van der Waals surface area contributed by atoms with Crippen LogP contribution < -0.4 is 11.1 Å². The first kappa shape index (κ1) is 21.5. The third-order valence-electron chi connectivity index (χ3n) is 5.24. The molecule has 30 heavy (non-hydrogen) atoms. The molecule has 0 bridgehead atoms. The summed E-state index contributed by atoms with van der Waals surface area (Å²) in [6.45, 7) is 0.349. The van der Waals surface area contributed by atoms with Gasteiger partial charge >= 0.3 is 0 Å². The van der Waals surface area contributed by atoms with Gasteiger partial charge in [0.1, 0.15) is 5.82 Å². The van der Waals surface area contributed by atoms with Gasteiger partial charge in [0.2, 0.25) is 11.8 Å². The molecule has 0 aliphatic carbocycles. The highest BCUT2D eigenvalue weighted by molar-refractivity contribution is 5.88. The second-order valence-corrected chi connectivity index (χ2v) is 7.26. The van der Waals surface area contributed by atoms with E-state index in [1.165, 1.54) is 19.2 Å². The SMILES string of the molecule is COCC(C(N)=O)[C@H](Cc1ccc(F)cc1)C(=O)NCc1cccc2ccccc12. The topological polar surface area (TPSA) is 81.4 Å². The summed E-state index contributed by atoms with van der Waals surface area (Å²) in [6.07, 6.45) is 0.249. The fraction of sp³-hybridized carbons (Fsp3) is 0.250. The summed E-state index contributed by atoms with van der Waals surface area (Å²) in [5.74, 6) is -2.80. The Morgan fingerprint density at radius 2 is 1.70 bits per heavy atom. The van der Waals surface area contributed by atoms with Crippen LogP contribution in [0.5, 0.6) is 0 Å². The van der Waals surface area contributed by atoms with Crippen molar-refractivity contribution in [2.45, 2.75) is 13.0 Å². The second-order valence-electron chi connectivity index (χ2n) is 7.26. The Bertz CT molecular complexity index is 1020. The number of carbonyl (C=O) groups is 2. The quantitative estimate of drug-likeness (QED) is 0.571.